The van der Waals surface area contributed by atoms with Crippen LogP contribution in [0.5, 0.6) is 23.0 Å². The maximum absolute atomic E-state index is 13.8. The zero-order valence-corrected chi connectivity index (χ0v) is 22.6. The van der Waals surface area contributed by atoms with Gasteiger partial charge >= 0.3 is 5.97 Å². The summed E-state index contributed by atoms with van der Waals surface area (Å²) in [6.45, 7) is 8.54. The average molecular weight is 522 g/mol. The number of hydrogen-bond donors (Lipinski definition) is 1. The molecule has 1 heterocycles. The first-order valence-corrected chi connectivity index (χ1v) is 12.8. The molecule has 0 spiro atoms. The molecule has 3 unspecified atom stereocenters. The van der Waals surface area contributed by atoms with Gasteiger partial charge in [-0.3, -0.25) is 9.59 Å². The van der Waals surface area contributed by atoms with Crippen LogP contribution in [0, 0.1) is 5.92 Å². The maximum atomic E-state index is 13.8. The largest absolute Gasteiger partial charge is 0.493 e. The number of nitrogens with one attached hydrogen (secondary N) is 1. The number of carbonyl (C=O) groups excluding carboxylic acids is 2. The molecule has 8 heteroatoms. The molecular weight excluding hydrogens is 486 g/mol. The van der Waals surface area contributed by atoms with Gasteiger partial charge in [0.2, 0.25) is 0 Å². The van der Waals surface area contributed by atoms with Gasteiger partial charge in [0.15, 0.2) is 28.8 Å². The summed E-state index contributed by atoms with van der Waals surface area (Å²) in [5.41, 5.74) is 3.59. The highest BCUT2D eigenvalue weighted by atomic mass is 16.5. The molecule has 0 aromatic heterocycles. The van der Waals surface area contributed by atoms with E-state index in [1.807, 2.05) is 43.3 Å². The van der Waals surface area contributed by atoms with Crippen LogP contribution in [-0.2, 0) is 14.3 Å². The fourth-order valence-corrected chi connectivity index (χ4v) is 5.41. The lowest BCUT2D eigenvalue weighted by Crippen LogP contribution is -2.42. The van der Waals surface area contributed by atoms with Crippen molar-refractivity contribution in [2.45, 2.75) is 38.5 Å². The van der Waals surface area contributed by atoms with Crippen LogP contribution in [0.4, 0.5) is 0 Å². The standard InChI is InChI=1S/C30H35NO7/c1-7-37-24-12-10-19(16-26(24)36-6)28-27(30(33)38-8-2)17(3)31-21-13-20(14-22(32)29(21)28)18-9-11-23(34-4)25(15-18)35-5/h9-12,15-16,20,27-28,31H,3,7-8,13-14H2,1-2,4-6H3. The molecule has 3 atom stereocenters. The van der Waals surface area contributed by atoms with Crippen LogP contribution in [0.15, 0.2) is 59.9 Å². The Balaban J connectivity index is 1.79. The van der Waals surface area contributed by atoms with E-state index in [4.69, 9.17) is 23.7 Å². The Morgan fingerprint density at radius 3 is 2.18 bits per heavy atom. The van der Waals surface area contributed by atoms with Gasteiger partial charge < -0.3 is 29.0 Å². The molecule has 0 fully saturated rings. The van der Waals surface area contributed by atoms with Gasteiger partial charge in [0.1, 0.15) is 5.92 Å². The topological polar surface area (TPSA) is 92.3 Å². The van der Waals surface area contributed by atoms with Gasteiger partial charge in [0, 0.05) is 29.3 Å². The minimum absolute atomic E-state index is 0.0295. The molecule has 2 aromatic rings. The van der Waals surface area contributed by atoms with Gasteiger partial charge in [-0.2, -0.15) is 0 Å². The first-order valence-electron chi connectivity index (χ1n) is 12.8. The average Bonchev–Trinajstić information content (AvgIpc) is 2.92. The highest BCUT2D eigenvalue weighted by Gasteiger charge is 2.45. The van der Waals surface area contributed by atoms with Crippen molar-refractivity contribution >= 4 is 11.8 Å². The van der Waals surface area contributed by atoms with E-state index < -0.39 is 17.8 Å². The fourth-order valence-electron chi connectivity index (χ4n) is 5.41. The van der Waals surface area contributed by atoms with Crippen molar-refractivity contribution in [2.24, 2.45) is 5.92 Å². The second-order valence-electron chi connectivity index (χ2n) is 9.24. The number of esters is 1. The predicted octanol–water partition coefficient (Wildman–Crippen LogP) is 4.89. The van der Waals surface area contributed by atoms with Crippen LogP contribution in [0.3, 0.4) is 0 Å². The number of hydrogen-bond acceptors (Lipinski definition) is 8. The number of carbonyl (C=O) groups is 2. The van der Waals surface area contributed by atoms with Crippen molar-refractivity contribution in [1.29, 1.82) is 0 Å². The maximum Gasteiger partial charge on any atom is 0.315 e. The zero-order chi connectivity index (χ0) is 27.4. The molecule has 1 aliphatic heterocycles. The smallest absolute Gasteiger partial charge is 0.315 e. The summed E-state index contributed by atoms with van der Waals surface area (Å²) in [5, 5.41) is 3.30. The van der Waals surface area contributed by atoms with Gasteiger partial charge in [0.05, 0.1) is 34.5 Å². The molecule has 0 bridgehead atoms. The van der Waals surface area contributed by atoms with Gasteiger partial charge in [-0.05, 0) is 61.6 Å². The molecule has 2 aromatic carbocycles. The molecule has 1 N–H and O–H groups in total. The molecule has 38 heavy (non-hydrogen) atoms. The molecule has 1 aliphatic carbocycles. The zero-order valence-electron chi connectivity index (χ0n) is 22.6. The third-order valence-electron chi connectivity index (χ3n) is 7.11. The van der Waals surface area contributed by atoms with E-state index in [9.17, 15) is 9.59 Å². The van der Waals surface area contributed by atoms with Gasteiger partial charge in [-0.25, -0.2) is 0 Å². The lowest BCUT2D eigenvalue weighted by molar-refractivity contribution is -0.147. The van der Waals surface area contributed by atoms with Crippen molar-refractivity contribution in [3.63, 3.8) is 0 Å². The lowest BCUT2D eigenvalue weighted by Gasteiger charge is -2.40. The Hall–Kier alpha value is -3.94. The summed E-state index contributed by atoms with van der Waals surface area (Å²) < 4.78 is 27.5. The summed E-state index contributed by atoms with van der Waals surface area (Å²) in [7, 11) is 4.74. The lowest BCUT2D eigenvalue weighted by atomic mass is 9.69. The molecule has 0 amide bonds. The summed E-state index contributed by atoms with van der Waals surface area (Å²) in [4.78, 5) is 27.0. The summed E-state index contributed by atoms with van der Waals surface area (Å²) in [6, 6.07) is 11.2. The Morgan fingerprint density at radius 1 is 0.895 bits per heavy atom. The van der Waals surface area contributed by atoms with E-state index in [0.29, 0.717) is 53.7 Å². The Morgan fingerprint density at radius 2 is 1.53 bits per heavy atom. The second kappa shape index (κ2) is 11.6. The van der Waals surface area contributed by atoms with Crippen LogP contribution in [-0.4, -0.2) is 46.3 Å². The highest BCUT2D eigenvalue weighted by molar-refractivity contribution is 6.01. The van der Waals surface area contributed by atoms with E-state index in [2.05, 4.69) is 11.9 Å². The quantitative estimate of drug-likeness (QED) is 0.467. The predicted molar refractivity (Wildman–Crippen MR) is 143 cm³/mol. The van der Waals surface area contributed by atoms with Crippen LogP contribution < -0.4 is 24.3 Å². The van der Waals surface area contributed by atoms with Crippen molar-refractivity contribution in [3.8, 4) is 23.0 Å². The van der Waals surface area contributed by atoms with Gasteiger partial charge in [0.25, 0.3) is 0 Å². The van der Waals surface area contributed by atoms with Crippen LogP contribution in [0.1, 0.15) is 49.7 Å². The van der Waals surface area contributed by atoms with Crippen LogP contribution >= 0.6 is 0 Å². The number of ether oxygens (including phenoxy) is 5. The van der Waals surface area contributed by atoms with Crippen LogP contribution in [0.25, 0.3) is 0 Å². The van der Waals surface area contributed by atoms with Crippen molar-refractivity contribution in [3.05, 3.63) is 71.1 Å². The Kier molecular flexibility index (Phi) is 8.29. The van der Waals surface area contributed by atoms with E-state index in [1.54, 1.807) is 28.3 Å². The van der Waals surface area contributed by atoms with Crippen molar-refractivity contribution < 1.29 is 33.3 Å². The summed E-state index contributed by atoms with van der Waals surface area (Å²) in [5.74, 6) is 0.503. The van der Waals surface area contributed by atoms with E-state index in [1.165, 1.54) is 0 Å². The second-order valence-corrected chi connectivity index (χ2v) is 9.24. The first-order chi connectivity index (χ1) is 18.4. The minimum Gasteiger partial charge on any atom is -0.493 e. The Bertz CT molecular complexity index is 1270. The normalized spacial score (nSPS) is 20.8. The number of rotatable bonds is 9. The van der Waals surface area contributed by atoms with Crippen molar-refractivity contribution in [2.75, 3.05) is 34.5 Å². The molecule has 202 valence electrons. The van der Waals surface area contributed by atoms with Crippen molar-refractivity contribution in [1.82, 2.24) is 5.32 Å². The first kappa shape index (κ1) is 27.1. The van der Waals surface area contributed by atoms with E-state index in [0.717, 1.165) is 16.8 Å². The SMILES string of the molecule is C=C1NC2=C(C(=O)CC(c3ccc(OC)c(OC)c3)C2)C(c2ccc(OCC)c(OC)c2)C1C(=O)OCC. The van der Waals surface area contributed by atoms with Crippen LogP contribution in [0.2, 0.25) is 0 Å². The van der Waals surface area contributed by atoms with E-state index in [-0.39, 0.29) is 18.3 Å². The Labute approximate surface area is 223 Å². The molecule has 4 rings (SSSR count). The molecule has 0 saturated heterocycles. The molecule has 0 radical (unpaired) electrons. The molecule has 2 aliphatic rings. The number of allylic oxidation sites excluding steroid dienone is 2. The van der Waals surface area contributed by atoms with Gasteiger partial charge in [-0.15, -0.1) is 0 Å². The third-order valence-corrected chi connectivity index (χ3v) is 7.11. The molecule has 0 saturated carbocycles. The fraction of sp³-hybridized carbons (Fsp3) is 0.400. The minimum atomic E-state index is -0.766. The van der Waals surface area contributed by atoms with E-state index >= 15 is 0 Å². The third kappa shape index (κ3) is 5.08. The molecular formula is C30H35NO7. The number of methoxy groups -OCH3 is 3. The number of benzene rings is 2. The molecule has 8 nitrogen and oxygen atoms in total. The monoisotopic (exact) mass is 521 g/mol. The summed E-state index contributed by atoms with van der Waals surface area (Å²) in [6.07, 6.45) is 0.873. The summed E-state index contributed by atoms with van der Waals surface area (Å²) >= 11 is 0. The highest BCUT2D eigenvalue weighted by Crippen LogP contribution is 2.48. The van der Waals surface area contributed by atoms with Gasteiger partial charge in [-0.1, -0.05) is 18.7 Å². The number of Topliss-reactive ketones (excluding diaryl/α,β-unsaturated/α-hetero) is 1. The number of ketones is 1.